The SMILES string of the molecule is CCNCCc1ccccc1CN1CC(C)OCC1CC. The molecule has 0 amide bonds. The molecule has 1 N–H and O–H groups in total. The third-order valence-electron chi connectivity index (χ3n) is 4.37. The molecule has 1 saturated heterocycles. The minimum Gasteiger partial charge on any atom is -0.376 e. The van der Waals surface area contributed by atoms with Gasteiger partial charge >= 0.3 is 0 Å². The van der Waals surface area contributed by atoms with Crippen LogP contribution in [0.1, 0.15) is 38.3 Å². The fourth-order valence-electron chi connectivity index (χ4n) is 3.06. The van der Waals surface area contributed by atoms with E-state index in [1.54, 1.807) is 0 Å². The third kappa shape index (κ3) is 4.80. The normalized spacial score (nSPS) is 23.4. The minimum absolute atomic E-state index is 0.349. The molecule has 2 atom stereocenters. The van der Waals surface area contributed by atoms with Crippen molar-refractivity contribution in [3.05, 3.63) is 35.4 Å². The van der Waals surface area contributed by atoms with Crippen molar-refractivity contribution < 1.29 is 4.74 Å². The minimum atomic E-state index is 0.349. The molecule has 3 heteroatoms. The molecule has 1 heterocycles. The average molecular weight is 290 g/mol. The molecular weight excluding hydrogens is 260 g/mol. The Kier molecular flexibility index (Phi) is 6.68. The molecule has 2 unspecified atom stereocenters. The van der Waals surface area contributed by atoms with Gasteiger partial charge in [0.1, 0.15) is 0 Å². The van der Waals surface area contributed by atoms with Gasteiger partial charge in [0.05, 0.1) is 12.7 Å². The van der Waals surface area contributed by atoms with E-state index >= 15 is 0 Å². The predicted molar refractivity (Wildman–Crippen MR) is 88.6 cm³/mol. The summed E-state index contributed by atoms with van der Waals surface area (Å²) in [6.07, 6.45) is 2.62. The van der Waals surface area contributed by atoms with E-state index in [2.05, 4.69) is 55.3 Å². The summed E-state index contributed by atoms with van der Waals surface area (Å²) in [6.45, 7) is 11.7. The number of hydrogen-bond acceptors (Lipinski definition) is 3. The van der Waals surface area contributed by atoms with E-state index in [4.69, 9.17) is 4.74 Å². The predicted octanol–water partition coefficient (Wildman–Crippen LogP) is 2.84. The van der Waals surface area contributed by atoms with Gasteiger partial charge in [0, 0.05) is 19.1 Å². The van der Waals surface area contributed by atoms with Gasteiger partial charge in [-0.3, -0.25) is 4.90 Å². The van der Waals surface area contributed by atoms with Crippen molar-refractivity contribution in [3.8, 4) is 0 Å². The molecule has 0 bridgehead atoms. The van der Waals surface area contributed by atoms with E-state index in [1.807, 2.05) is 0 Å². The van der Waals surface area contributed by atoms with Crippen LogP contribution in [0.4, 0.5) is 0 Å². The summed E-state index contributed by atoms with van der Waals surface area (Å²) in [5.41, 5.74) is 2.95. The highest BCUT2D eigenvalue weighted by Crippen LogP contribution is 2.20. The topological polar surface area (TPSA) is 24.5 Å². The molecule has 1 aliphatic heterocycles. The first kappa shape index (κ1) is 16.5. The van der Waals surface area contributed by atoms with E-state index in [0.29, 0.717) is 12.1 Å². The molecule has 0 saturated carbocycles. The Morgan fingerprint density at radius 2 is 2.00 bits per heavy atom. The van der Waals surface area contributed by atoms with Crippen LogP contribution >= 0.6 is 0 Å². The largest absolute Gasteiger partial charge is 0.376 e. The molecule has 1 aromatic rings. The summed E-state index contributed by atoms with van der Waals surface area (Å²) in [6, 6.07) is 9.44. The molecular formula is C18H30N2O. The highest BCUT2D eigenvalue weighted by Gasteiger charge is 2.25. The van der Waals surface area contributed by atoms with E-state index in [9.17, 15) is 0 Å². The highest BCUT2D eigenvalue weighted by atomic mass is 16.5. The number of nitrogens with one attached hydrogen (secondary N) is 1. The standard InChI is InChI=1S/C18H30N2O/c1-4-18-14-21-15(3)12-20(18)13-17-9-7-6-8-16(17)10-11-19-5-2/h6-9,15,18-19H,4-5,10-14H2,1-3H3. The van der Waals surface area contributed by atoms with E-state index in [1.165, 1.54) is 11.1 Å². The van der Waals surface area contributed by atoms with Crippen LogP contribution in [0.15, 0.2) is 24.3 Å². The van der Waals surface area contributed by atoms with Crippen molar-refractivity contribution in [3.63, 3.8) is 0 Å². The first-order valence-corrected chi connectivity index (χ1v) is 8.37. The summed E-state index contributed by atoms with van der Waals surface area (Å²) in [5.74, 6) is 0. The molecule has 0 aliphatic carbocycles. The fourth-order valence-corrected chi connectivity index (χ4v) is 3.06. The third-order valence-corrected chi connectivity index (χ3v) is 4.37. The van der Waals surface area contributed by atoms with Gasteiger partial charge in [0.25, 0.3) is 0 Å². The Labute approximate surface area is 129 Å². The zero-order chi connectivity index (χ0) is 15.1. The number of likely N-dealkylation sites (N-methyl/N-ethyl adjacent to an activating group) is 1. The molecule has 21 heavy (non-hydrogen) atoms. The fraction of sp³-hybridized carbons (Fsp3) is 0.667. The zero-order valence-corrected chi connectivity index (χ0v) is 13.8. The summed E-state index contributed by atoms with van der Waals surface area (Å²) in [5, 5.41) is 3.42. The highest BCUT2D eigenvalue weighted by molar-refractivity contribution is 5.27. The number of rotatable bonds is 7. The molecule has 0 aromatic heterocycles. The molecule has 0 spiro atoms. The van der Waals surface area contributed by atoms with Crippen LogP contribution in [0.25, 0.3) is 0 Å². The van der Waals surface area contributed by atoms with Crippen LogP contribution in [-0.2, 0) is 17.7 Å². The van der Waals surface area contributed by atoms with Crippen LogP contribution in [-0.4, -0.2) is 43.3 Å². The van der Waals surface area contributed by atoms with Crippen molar-refractivity contribution in [1.29, 1.82) is 0 Å². The Balaban J connectivity index is 2.03. The van der Waals surface area contributed by atoms with Gasteiger partial charge < -0.3 is 10.1 Å². The summed E-state index contributed by atoms with van der Waals surface area (Å²) < 4.78 is 5.81. The molecule has 118 valence electrons. The summed E-state index contributed by atoms with van der Waals surface area (Å²) >= 11 is 0. The second-order valence-corrected chi connectivity index (χ2v) is 6.01. The van der Waals surface area contributed by atoms with E-state index in [0.717, 1.165) is 45.6 Å². The van der Waals surface area contributed by atoms with Gasteiger partial charge in [-0.15, -0.1) is 0 Å². The maximum Gasteiger partial charge on any atom is 0.0674 e. The van der Waals surface area contributed by atoms with Crippen LogP contribution in [0, 0.1) is 0 Å². The Morgan fingerprint density at radius 3 is 2.71 bits per heavy atom. The number of hydrogen-bond donors (Lipinski definition) is 1. The van der Waals surface area contributed by atoms with Crippen molar-refractivity contribution in [2.45, 2.75) is 52.3 Å². The first-order valence-electron chi connectivity index (χ1n) is 8.37. The Hall–Kier alpha value is -0.900. The average Bonchev–Trinajstić information content (AvgIpc) is 2.49. The van der Waals surface area contributed by atoms with Crippen molar-refractivity contribution in [2.24, 2.45) is 0 Å². The summed E-state index contributed by atoms with van der Waals surface area (Å²) in [7, 11) is 0. The lowest BCUT2D eigenvalue weighted by Crippen LogP contribution is -2.48. The lowest BCUT2D eigenvalue weighted by Gasteiger charge is -2.38. The van der Waals surface area contributed by atoms with Crippen molar-refractivity contribution in [1.82, 2.24) is 10.2 Å². The van der Waals surface area contributed by atoms with E-state index < -0.39 is 0 Å². The van der Waals surface area contributed by atoms with Crippen LogP contribution in [0.3, 0.4) is 0 Å². The van der Waals surface area contributed by atoms with Gasteiger partial charge in [-0.2, -0.15) is 0 Å². The van der Waals surface area contributed by atoms with E-state index in [-0.39, 0.29) is 0 Å². The van der Waals surface area contributed by atoms with Crippen molar-refractivity contribution >= 4 is 0 Å². The molecule has 2 rings (SSSR count). The van der Waals surface area contributed by atoms with Gasteiger partial charge in [0.15, 0.2) is 0 Å². The van der Waals surface area contributed by atoms with Gasteiger partial charge in [0.2, 0.25) is 0 Å². The Morgan fingerprint density at radius 1 is 1.24 bits per heavy atom. The number of morpholine rings is 1. The maximum atomic E-state index is 5.81. The maximum absolute atomic E-state index is 5.81. The number of benzene rings is 1. The van der Waals surface area contributed by atoms with Gasteiger partial charge in [-0.1, -0.05) is 38.1 Å². The second-order valence-electron chi connectivity index (χ2n) is 6.01. The van der Waals surface area contributed by atoms with Crippen LogP contribution < -0.4 is 5.32 Å². The van der Waals surface area contributed by atoms with Crippen molar-refractivity contribution in [2.75, 3.05) is 26.2 Å². The second kappa shape index (κ2) is 8.52. The molecule has 1 fully saturated rings. The number of ether oxygens (including phenoxy) is 1. The smallest absolute Gasteiger partial charge is 0.0674 e. The van der Waals surface area contributed by atoms with Gasteiger partial charge in [-0.05, 0) is 44.0 Å². The summed E-state index contributed by atoms with van der Waals surface area (Å²) in [4.78, 5) is 2.60. The number of nitrogens with zero attached hydrogens (tertiary/aromatic N) is 1. The molecule has 0 radical (unpaired) electrons. The Bertz CT molecular complexity index is 421. The zero-order valence-electron chi connectivity index (χ0n) is 13.8. The molecule has 3 nitrogen and oxygen atoms in total. The van der Waals surface area contributed by atoms with Crippen LogP contribution in [0.2, 0.25) is 0 Å². The first-order chi connectivity index (χ1) is 10.2. The van der Waals surface area contributed by atoms with Gasteiger partial charge in [-0.25, -0.2) is 0 Å². The van der Waals surface area contributed by atoms with Crippen LogP contribution in [0.5, 0.6) is 0 Å². The monoisotopic (exact) mass is 290 g/mol. The molecule has 1 aromatic carbocycles. The quantitative estimate of drug-likeness (QED) is 0.782. The molecule has 1 aliphatic rings. The lowest BCUT2D eigenvalue weighted by atomic mass is 10.0. The lowest BCUT2D eigenvalue weighted by molar-refractivity contribution is -0.0592.